The van der Waals surface area contributed by atoms with E-state index in [1.54, 1.807) is 0 Å². The Hall–Kier alpha value is -1.71. The predicted molar refractivity (Wildman–Crippen MR) is 47.8 cm³/mol. The molecule has 0 fully saturated rings. The lowest BCUT2D eigenvalue weighted by molar-refractivity contribution is -0.131. The zero-order valence-corrected chi connectivity index (χ0v) is 7.42. The molecule has 1 aromatic rings. The van der Waals surface area contributed by atoms with E-state index in [0.29, 0.717) is 0 Å². The Morgan fingerprint density at radius 3 is 2.64 bits per heavy atom. The molecule has 1 N–H and O–H groups in total. The number of hydrogen-bond donors (Lipinski definition) is 1. The first kappa shape index (κ1) is 10.4. The summed E-state index contributed by atoms with van der Waals surface area (Å²) in [6, 6.07) is 2.00. The van der Waals surface area contributed by atoms with Crippen molar-refractivity contribution in [3.8, 4) is 0 Å². The van der Waals surface area contributed by atoms with Crippen molar-refractivity contribution >= 4 is 12.0 Å². The maximum atomic E-state index is 13.2. The van der Waals surface area contributed by atoms with Crippen LogP contribution in [0.1, 0.15) is 11.1 Å². The van der Waals surface area contributed by atoms with E-state index < -0.39 is 17.6 Å². The second-order valence-corrected chi connectivity index (χ2v) is 2.80. The van der Waals surface area contributed by atoms with Gasteiger partial charge in [0.25, 0.3) is 0 Å². The van der Waals surface area contributed by atoms with Gasteiger partial charge in [0.1, 0.15) is 11.6 Å². The highest BCUT2D eigenvalue weighted by molar-refractivity contribution is 5.85. The van der Waals surface area contributed by atoms with E-state index in [1.165, 1.54) is 6.92 Å². The molecule has 0 radical (unpaired) electrons. The van der Waals surface area contributed by atoms with Crippen LogP contribution in [0.3, 0.4) is 0 Å². The molecule has 0 aromatic heterocycles. The molecular formula is C10H8F2O2. The average Bonchev–Trinajstić information content (AvgIpc) is 2.08. The Morgan fingerprint density at radius 2 is 2.07 bits per heavy atom. The fourth-order valence-corrected chi connectivity index (χ4v) is 1.03. The van der Waals surface area contributed by atoms with Crippen LogP contribution in [-0.2, 0) is 4.79 Å². The Balaban J connectivity index is 3.14. The van der Waals surface area contributed by atoms with Crippen molar-refractivity contribution in [2.75, 3.05) is 0 Å². The highest BCUT2D eigenvalue weighted by Gasteiger charge is 2.05. The van der Waals surface area contributed by atoms with Crippen LogP contribution in [0.2, 0.25) is 0 Å². The SMILES string of the molecule is Cc1cc(F)cc(C=CC(=O)O)c1F. The number of carboxylic acids is 1. The van der Waals surface area contributed by atoms with Gasteiger partial charge in [0.2, 0.25) is 0 Å². The van der Waals surface area contributed by atoms with Crippen LogP contribution in [0, 0.1) is 18.6 Å². The molecule has 0 saturated heterocycles. The van der Waals surface area contributed by atoms with Crippen molar-refractivity contribution in [3.05, 3.63) is 41.0 Å². The van der Waals surface area contributed by atoms with Gasteiger partial charge in [0.05, 0.1) is 0 Å². The molecule has 0 unspecified atom stereocenters. The molecule has 0 heterocycles. The lowest BCUT2D eigenvalue weighted by atomic mass is 10.1. The van der Waals surface area contributed by atoms with Gasteiger partial charge in [-0.3, -0.25) is 0 Å². The van der Waals surface area contributed by atoms with E-state index in [-0.39, 0.29) is 11.1 Å². The van der Waals surface area contributed by atoms with Crippen LogP contribution < -0.4 is 0 Å². The van der Waals surface area contributed by atoms with Gasteiger partial charge in [0, 0.05) is 11.6 Å². The number of rotatable bonds is 2. The van der Waals surface area contributed by atoms with Crippen LogP contribution in [0.4, 0.5) is 8.78 Å². The van der Waals surface area contributed by atoms with E-state index in [4.69, 9.17) is 5.11 Å². The third-order valence-electron chi connectivity index (χ3n) is 1.65. The molecule has 0 aliphatic rings. The summed E-state index contributed by atoms with van der Waals surface area (Å²) >= 11 is 0. The van der Waals surface area contributed by atoms with Crippen molar-refractivity contribution in [1.82, 2.24) is 0 Å². The first-order chi connectivity index (χ1) is 6.50. The highest BCUT2D eigenvalue weighted by Crippen LogP contribution is 2.15. The molecule has 4 heteroatoms. The zero-order valence-electron chi connectivity index (χ0n) is 7.42. The number of hydrogen-bond acceptors (Lipinski definition) is 1. The minimum atomic E-state index is -1.20. The lowest BCUT2D eigenvalue weighted by Gasteiger charge is -2.00. The number of carboxylic acid groups (broad SMARTS) is 1. The molecule has 0 aliphatic heterocycles. The Bertz CT molecular complexity index is 397. The molecule has 0 amide bonds. The monoisotopic (exact) mass is 198 g/mol. The van der Waals surface area contributed by atoms with Crippen LogP contribution in [0.15, 0.2) is 18.2 Å². The minimum absolute atomic E-state index is 0.0649. The van der Waals surface area contributed by atoms with Crippen LogP contribution >= 0.6 is 0 Å². The van der Waals surface area contributed by atoms with Crippen molar-refractivity contribution in [2.24, 2.45) is 0 Å². The Kier molecular flexibility index (Phi) is 2.96. The van der Waals surface area contributed by atoms with E-state index in [2.05, 4.69) is 0 Å². The Morgan fingerprint density at radius 1 is 1.43 bits per heavy atom. The molecular weight excluding hydrogens is 190 g/mol. The number of aryl methyl sites for hydroxylation is 1. The summed E-state index contributed by atoms with van der Waals surface area (Å²) in [4.78, 5) is 10.2. The highest BCUT2D eigenvalue weighted by atomic mass is 19.1. The summed E-state index contributed by atoms with van der Waals surface area (Å²) in [5, 5.41) is 8.30. The number of carbonyl (C=O) groups is 1. The summed E-state index contributed by atoms with van der Waals surface area (Å²) in [7, 11) is 0. The standard InChI is InChI=1S/C10H8F2O2/c1-6-4-8(11)5-7(10(6)12)2-3-9(13)14/h2-5H,1H3,(H,13,14). The van der Waals surface area contributed by atoms with Gasteiger partial charge in [-0.15, -0.1) is 0 Å². The van der Waals surface area contributed by atoms with Crippen molar-refractivity contribution in [1.29, 1.82) is 0 Å². The number of benzene rings is 1. The normalized spacial score (nSPS) is 10.8. The molecule has 14 heavy (non-hydrogen) atoms. The number of aliphatic carboxylic acids is 1. The third kappa shape index (κ3) is 2.39. The van der Waals surface area contributed by atoms with Crippen LogP contribution in [-0.4, -0.2) is 11.1 Å². The molecule has 2 nitrogen and oxygen atoms in total. The van der Waals surface area contributed by atoms with Crippen molar-refractivity contribution in [3.63, 3.8) is 0 Å². The Labute approximate surface area is 79.5 Å². The summed E-state index contributed by atoms with van der Waals surface area (Å²) in [6.07, 6.45) is 1.78. The van der Waals surface area contributed by atoms with Gasteiger partial charge >= 0.3 is 5.97 Å². The zero-order chi connectivity index (χ0) is 10.7. The molecule has 0 atom stereocenters. The largest absolute Gasteiger partial charge is 0.478 e. The molecule has 1 rings (SSSR count). The van der Waals surface area contributed by atoms with E-state index >= 15 is 0 Å². The van der Waals surface area contributed by atoms with Crippen LogP contribution in [0.25, 0.3) is 6.08 Å². The molecule has 0 saturated carbocycles. The first-order valence-electron chi connectivity index (χ1n) is 3.87. The molecule has 0 aliphatic carbocycles. The minimum Gasteiger partial charge on any atom is -0.478 e. The maximum Gasteiger partial charge on any atom is 0.328 e. The molecule has 74 valence electrons. The molecule has 1 aromatic carbocycles. The summed E-state index contributed by atoms with van der Waals surface area (Å²) < 4.78 is 26.0. The van der Waals surface area contributed by atoms with E-state index in [1.807, 2.05) is 0 Å². The topological polar surface area (TPSA) is 37.3 Å². The summed E-state index contributed by atoms with van der Waals surface area (Å²) in [5.41, 5.74) is 0.0833. The summed E-state index contributed by atoms with van der Waals surface area (Å²) in [5.74, 6) is -2.40. The fraction of sp³-hybridized carbons (Fsp3) is 0.100. The number of halogens is 2. The smallest absolute Gasteiger partial charge is 0.328 e. The van der Waals surface area contributed by atoms with Gasteiger partial charge in [-0.2, -0.15) is 0 Å². The molecule has 0 bridgehead atoms. The molecule has 0 spiro atoms. The van der Waals surface area contributed by atoms with Gasteiger partial charge in [-0.1, -0.05) is 0 Å². The van der Waals surface area contributed by atoms with Gasteiger partial charge in [-0.05, 0) is 30.7 Å². The second-order valence-electron chi connectivity index (χ2n) is 2.80. The van der Waals surface area contributed by atoms with Crippen LogP contribution in [0.5, 0.6) is 0 Å². The van der Waals surface area contributed by atoms with Gasteiger partial charge < -0.3 is 5.11 Å². The van der Waals surface area contributed by atoms with Gasteiger partial charge in [0.15, 0.2) is 0 Å². The quantitative estimate of drug-likeness (QED) is 0.740. The predicted octanol–water partition coefficient (Wildman–Crippen LogP) is 2.37. The average molecular weight is 198 g/mol. The van der Waals surface area contributed by atoms with E-state index in [0.717, 1.165) is 24.3 Å². The van der Waals surface area contributed by atoms with Gasteiger partial charge in [-0.25, -0.2) is 13.6 Å². The maximum absolute atomic E-state index is 13.2. The second kappa shape index (κ2) is 4.00. The third-order valence-corrected chi connectivity index (χ3v) is 1.65. The lowest BCUT2D eigenvalue weighted by Crippen LogP contribution is -1.92. The fourth-order valence-electron chi connectivity index (χ4n) is 1.03. The van der Waals surface area contributed by atoms with Crippen molar-refractivity contribution in [2.45, 2.75) is 6.92 Å². The first-order valence-corrected chi connectivity index (χ1v) is 3.87. The van der Waals surface area contributed by atoms with Crippen molar-refractivity contribution < 1.29 is 18.7 Å². The summed E-state index contributed by atoms with van der Waals surface area (Å²) in [6.45, 7) is 1.41. The van der Waals surface area contributed by atoms with E-state index in [9.17, 15) is 13.6 Å².